The Bertz CT molecular complexity index is 531. The number of nitrogens with two attached hydrogens (primary N) is 1. The highest BCUT2D eigenvalue weighted by Gasteiger charge is 2.24. The molecule has 0 aromatic heterocycles. The number of nitrogens with zero attached hydrogens (tertiary/aromatic N) is 1. The third-order valence-corrected chi connectivity index (χ3v) is 3.58. The summed E-state index contributed by atoms with van der Waals surface area (Å²) in [5.41, 5.74) is 7.01. The monoisotopic (exact) mass is 291 g/mol. The Labute approximate surface area is 124 Å². The minimum atomic E-state index is -0.361. The van der Waals surface area contributed by atoms with E-state index in [0.717, 1.165) is 0 Å². The topological polar surface area (TPSA) is 84.7 Å². The minimum absolute atomic E-state index is 0.103. The van der Waals surface area contributed by atoms with Crippen molar-refractivity contribution < 1.29 is 14.3 Å². The third kappa shape index (κ3) is 3.52. The van der Waals surface area contributed by atoms with Crippen LogP contribution in [0.4, 0.5) is 16.2 Å². The lowest BCUT2D eigenvalue weighted by Crippen LogP contribution is -2.33. The van der Waals surface area contributed by atoms with Crippen LogP contribution in [-0.4, -0.2) is 31.7 Å². The molecule has 1 aromatic rings. The van der Waals surface area contributed by atoms with Crippen LogP contribution < -0.4 is 16.0 Å². The molecule has 6 nitrogen and oxygen atoms in total. The molecule has 1 unspecified atom stereocenters. The van der Waals surface area contributed by atoms with Crippen molar-refractivity contribution in [1.29, 1.82) is 0 Å². The zero-order chi connectivity index (χ0) is 15.4. The predicted octanol–water partition coefficient (Wildman–Crippen LogP) is 1.81. The molecule has 2 amide bonds. The molecule has 3 N–H and O–H groups in total. The average molecular weight is 291 g/mol. The molecule has 1 fully saturated rings. The van der Waals surface area contributed by atoms with Crippen LogP contribution in [0.1, 0.15) is 13.8 Å². The number of cyclic esters (lactones) is 1. The van der Waals surface area contributed by atoms with Crippen LogP contribution in [0.25, 0.3) is 0 Å². The summed E-state index contributed by atoms with van der Waals surface area (Å²) in [6, 6.07) is 7.16. The van der Waals surface area contributed by atoms with Crippen molar-refractivity contribution in [2.24, 2.45) is 17.6 Å². The number of rotatable bonds is 5. The van der Waals surface area contributed by atoms with Gasteiger partial charge in [-0.05, 0) is 24.1 Å². The Morgan fingerprint density at radius 3 is 2.81 bits per heavy atom. The molecule has 114 valence electrons. The van der Waals surface area contributed by atoms with Crippen molar-refractivity contribution in [2.75, 3.05) is 29.9 Å². The van der Waals surface area contributed by atoms with Gasteiger partial charge in [-0.1, -0.05) is 19.9 Å². The molecule has 1 aliphatic rings. The average Bonchev–Trinajstić information content (AvgIpc) is 2.85. The Kier molecular flexibility index (Phi) is 4.80. The van der Waals surface area contributed by atoms with Gasteiger partial charge in [-0.15, -0.1) is 0 Å². The van der Waals surface area contributed by atoms with E-state index in [1.807, 2.05) is 19.9 Å². The number of anilines is 2. The van der Waals surface area contributed by atoms with E-state index in [1.54, 1.807) is 23.1 Å². The normalized spacial score (nSPS) is 16.0. The van der Waals surface area contributed by atoms with E-state index in [2.05, 4.69) is 5.32 Å². The van der Waals surface area contributed by atoms with Crippen LogP contribution in [0.3, 0.4) is 0 Å². The summed E-state index contributed by atoms with van der Waals surface area (Å²) in [5, 5.41) is 2.86. The number of carbonyl (C=O) groups is 2. The second kappa shape index (κ2) is 6.58. The van der Waals surface area contributed by atoms with Crippen LogP contribution >= 0.6 is 0 Å². The van der Waals surface area contributed by atoms with Gasteiger partial charge in [-0.25, -0.2) is 4.79 Å². The molecular weight excluding hydrogens is 270 g/mol. The van der Waals surface area contributed by atoms with E-state index < -0.39 is 0 Å². The fourth-order valence-corrected chi connectivity index (χ4v) is 2.30. The standard InChI is InChI=1S/C15H21N3O3/c1-10(2)13(9-16)14(19)17-11-4-3-5-12(8-11)18-6-7-21-15(18)20/h3-5,8,10,13H,6-7,9,16H2,1-2H3,(H,17,19). The van der Waals surface area contributed by atoms with Crippen molar-refractivity contribution in [1.82, 2.24) is 0 Å². The number of benzene rings is 1. The van der Waals surface area contributed by atoms with Gasteiger partial charge in [0.1, 0.15) is 6.61 Å². The lowest BCUT2D eigenvalue weighted by Gasteiger charge is -2.19. The first-order valence-electron chi connectivity index (χ1n) is 7.08. The SMILES string of the molecule is CC(C)C(CN)C(=O)Nc1cccc(N2CCOC2=O)c1. The molecule has 21 heavy (non-hydrogen) atoms. The maximum Gasteiger partial charge on any atom is 0.414 e. The van der Waals surface area contributed by atoms with Crippen molar-refractivity contribution in [3.8, 4) is 0 Å². The van der Waals surface area contributed by atoms with E-state index in [9.17, 15) is 9.59 Å². The molecule has 0 saturated carbocycles. The first-order valence-corrected chi connectivity index (χ1v) is 7.08. The summed E-state index contributed by atoms with van der Waals surface area (Å²) in [6.07, 6.45) is -0.361. The summed E-state index contributed by atoms with van der Waals surface area (Å²) in [6.45, 7) is 5.15. The van der Waals surface area contributed by atoms with Crippen LogP contribution in [0, 0.1) is 11.8 Å². The number of carbonyl (C=O) groups excluding carboxylic acids is 2. The summed E-state index contributed by atoms with van der Waals surface area (Å²) in [4.78, 5) is 25.3. The molecule has 2 rings (SSSR count). The van der Waals surface area contributed by atoms with Crippen LogP contribution in [0.5, 0.6) is 0 Å². The zero-order valence-corrected chi connectivity index (χ0v) is 12.3. The van der Waals surface area contributed by atoms with E-state index in [1.165, 1.54) is 0 Å². The highest BCUT2D eigenvalue weighted by molar-refractivity contribution is 5.95. The number of ether oxygens (including phenoxy) is 1. The Balaban J connectivity index is 2.11. The summed E-state index contributed by atoms with van der Waals surface area (Å²) >= 11 is 0. The molecule has 0 radical (unpaired) electrons. The lowest BCUT2D eigenvalue weighted by atomic mass is 9.95. The van der Waals surface area contributed by atoms with Gasteiger partial charge in [-0.2, -0.15) is 0 Å². The van der Waals surface area contributed by atoms with Crippen molar-refractivity contribution in [3.63, 3.8) is 0 Å². The smallest absolute Gasteiger partial charge is 0.414 e. The highest BCUT2D eigenvalue weighted by atomic mass is 16.6. The van der Waals surface area contributed by atoms with Crippen molar-refractivity contribution in [2.45, 2.75) is 13.8 Å². The van der Waals surface area contributed by atoms with Crippen LogP contribution in [0.2, 0.25) is 0 Å². The summed E-state index contributed by atoms with van der Waals surface area (Å²) < 4.78 is 4.91. The molecule has 1 heterocycles. The van der Waals surface area contributed by atoms with E-state index in [0.29, 0.717) is 31.1 Å². The highest BCUT2D eigenvalue weighted by Crippen LogP contribution is 2.23. The Hall–Kier alpha value is -2.08. The maximum atomic E-state index is 12.2. The molecule has 1 aromatic carbocycles. The van der Waals surface area contributed by atoms with Gasteiger partial charge >= 0.3 is 6.09 Å². The number of nitrogens with one attached hydrogen (secondary N) is 1. The molecular formula is C15H21N3O3. The lowest BCUT2D eigenvalue weighted by molar-refractivity contribution is -0.120. The van der Waals surface area contributed by atoms with E-state index in [-0.39, 0.29) is 23.8 Å². The van der Waals surface area contributed by atoms with Gasteiger partial charge in [0.15, 0.2) is 0 Å². The fraction of sp³-hybridized carbons (Fsp3) is 0.467. The molecule has 1 atom stereocenters. The third-order valence-electron chi connectivity index (χ3n) is 3.58. The number of hydrogen-bond donors (Lipinski definition) is 2. The Morgan fingerprint density at radius 2 is 2.24 bits per heavy atom. The van der Waals surface area contributed by atoms with Gasteiger partial charge in [0, 0.05) is 17.9 Å². The molecule has 0 bridgehead atoms. The molecule has 1 saturated heterocycles. The number of hydrogen-bond acceptors (Lipinski definition) is 4. The molecule has 0 spiro atoms. The van der Waals surface area contributed by atoms with Gasteiger partial charge in [-0.3, -0.25) is 9.69 Å². The molecule has 0 aliphatic carbocycles. The first kappa shape index (κ1) is 15.3. The molecule has 1 aliphatic heterocycles. The zero-order valence-electron chi connectivity index (χ0n) is 12.3. The minimum Gasteiger partial charge on any atom is -0.447 e. The predicted molar refractivity (Wildman–Crippen MR) is 81.1 cm³/mol. The first-order chi connectivity index (χ1) is 10.0. The number of amides is 2. The maximum absolute atomic E-state index is 12.2. The van der Waals surface area contributed by atoms with Gasteiger partial charge in [0.25, 0.3) is 0 Å². The van der Waals surface area contributed by atoms with Crippen LogP contribution in [0.15, 0.2) is 24.3 Å². The second-order valence-corrected chi connectivity index (χ2v) is 5.39. The quantitative estimate of drug-likeness (QED) is 0.866. The van der Waals surface area contributed by atoms with Crippen LogP contribution in [-0.2, 0) is 9.53 Å². The van der Waals surface area contributed by atoms with Crippen molar-refractivity contribution >= 4 is 23.4 Å². The summed E-state index contributed by atoms with van der Waals surface area (Å²) in [7, 11) is 0. The van der Waals surface area contributed by atoms with Gasteiger partial charge < -0.3 is 15.8 Å². The van der Waals surface area contributed by atoms with Crippen molar-refractivity contribution in [3.05, 3.63) is 24.3 Å². The van der Waals surface area contributed by atoms with Gasteiger partial charge in [0.05, 0.1) is 12.5 Å². The fourth-order valence-electron chi connectivity index (χ4n) is 2.30. The van der Waals surface area contributed by atoms with E-state index >= 15 is 0 Å². The second-order valence-electron chi connectivity index (χ2n) is 5.39. The van der Waals surface area contributed by atoms with Gasteiger partial charge in [0.2, 0.25) is 5.91 Å². The Morgan fingerprint density at radius 1 is 1.48 bits per heavy atom. The summed E-state index contributed by atoms with van der Waals surface area (Å²) in [5.74, 6) is -0.161. The van der Waals surface area contributed by atoms with E-state index in [4.69, 9.17) is 10.5 Å². The largest absolute Gasteiger partial charge is 0.447 e. The molecule has 6 heteroatoms.